The molecule has 1 nitrogen and oxygen atoms in total. The maximum absolute atomic E-state index is 13.2. The van der Waals surface area contributed by atoms with E-state index in [0.29, 0.717) is 6.92 Å². The van der Waals surface area contributed by atoms with E-state index in [0.717, 1.165) is 0 Å². The zero-order valence-electron chi connectivity index (χ0n) is 8.72. The standard InChI is InChI=1S/C8H7F9O/c1-4(18)2-5(9,7(12,13)14)3-6(10,11)8(15,16)17/h2-3H2,1H3/t5-/m1/s1. The largest absolute Gasteiger partial charge is 0.453 e. The van der Waals surface area contributed by atoms with E-state index in [4.69, 9.17) is 0 Å². The minimum Gasteiger partial charge on any atom is -0.300 e. The molecule has 10 heteroatoms. The quantitative estimate of drug-likeness (QED) is 0.719. The normalized spacial score (nSPS) is 17.4. The Morgan fingerprint density at radius 1 is 0.833 bits per heavy atom. The first kappa shape index (κ1) is 17.0. The Kier molecular flexibility index (Phi) is 4.37. The van der Waals surface area contributed by atoms with Crippen LogP contribution in [0, 0.1) is 0 Å². The van der Waals surface area contributed by atoms with Crippen LogP contribution in [-0.4, -0.2) is 29.7 Å². The lowest BCUT2D eigenvalue weighted by atomic mass is 9.91. The monoisotopic (exact) mass is 290 g/mol. The lowest BCUT2D eigenvalue weighted by Gasteiger charge is -2.31. The molecule has 108 valence electrons. The number of carbonyl (C=O) groups is 1. The maximum atomic E-state index is 13.2. The van der Waals surface area contributed by atoms with Crippen LogP contribution in [0.3, 0.4) is 0 Å². The summed E-state index contributed by atoms with van der Waals surface area (Å²) in [6.45, 7) is 0.450. The number of carbonyl (C=O) groups excluding carboxylic acids is 1. The van der Waals surface area contributed by atoms with E-state index in [1.54, 1.807) is 0 Å². The van der Waals surface area contributed by atoms with Crippen molar-refractivity contribution in [3.05, 3.63) is 0 Å². The zero-order chi connectivity index (χ0) is 15.0. The Balaban J connectivity index is 5.34. The average Bonchev–Trinajstić information content (AvgIpc) is 1.95. The molecule has 0 saturated carbocycles. The summed E-state index contributed by atoms with van der Waals surface area (Å²) in [7, 11) is 0. The summed E-state index contributed by atoms with van der Waals surface area (Å²) >= 11 is 0. The second kappa shape index (κ2) is 4.61. The highest BCUT2D eigenvalue weighted by Crippen LogP contribution is 2.48. The van der Waals surface area contributed by atoms with Crippen molar-refractivity contribution in [3.8, 4) is 0 Å². The molecule has 0 N–H and O–H groups in total. The molecular formula is C8H7F9O. The smallest absolute Gasteiger partial charge is 0.300 e. The van der Waals surface area contributed by atoms with Crippen LogP contribution in [0.25, 0.3) is 0 Å². The first-order chi connectivity index (χ1) is 7.62. The highest BCUT2D eigenvalue weighted by Gasteiger charge is 2.67. The highest BCUT2D eigenvalue weighted by atomic mass is 19.4. The van der Waals surface area contributed by atoms with Gasteiger partial charge in [-0.1, -0.05) is 0 Å². The van der Waals surface area contributed by atoms with E-state index >= 15 is 0 Å². The van der Waals surface area contributed by atoms with Crippen molar-refractivity contribution in [3.63, 3.8) is 0 Å². The third kappa shape index (κ3) is 3.77. The molecule has 0 amide bonds. The summed E-state index contributed by atoms with van der Waals surface area (Å²) in [5, 5.41) is 0. The van der Waals surface area contributed by atoms with Gasteiger partial charge in [0.25, 0.3) is 0 Å². The van der Waals surface area contributed by atoms with Gasteiger partial charge >= 0.3 is 18.3 Å². The molecule has 0 aromatic carbocycles. The number of halogens is 9. The van der Waals surface area contributed by atoms with Crippen LogP contribution in [0.15, 0.2) is 0 Å². The van der Waals surface area contributed by atoms with Crippen LogP contribution in [0.1, 0.15) is 19.8 Å². The fourth-order valence-corrected chi connectivity index (χ4v) is 1.11. The van der Waals surface area contributed by atoms with Crippen molar-refractivity contribution in [1.82, 2.24) is 0 Å². The topological polar surface area (TPSA) is 17.1 Å². The van der Waals surface area contributed by atoms with Crippen LogP contribution in [0.2, 0.25) is 0 Å². The van der Waals surface area contributed by atoms with Crippen molar-refractivity contribution in [1.29, 1.82) is 0 Å². The van der Waals surface area contributed by atoms with Gasteiger partial charge in [0.1, 0.15) is 5.78 Å². The fraction of sp³-hybridized carbons (Fsp3) is 0.875. The third-order valence-corrected chi connectivity index (χ3v) is 1.95. The molecule has 0 spiro atoms. The summed E-state index contributed by atoms with van der Waals surface area (Å²) in [4.78, 5) is 10.4. The van der Waals surface area contributed by atoms with Crippen molar-refractivity contribution >= 4 is 5.78 Å². The number of alkyl halides is 9. The minimum atomic E-state index is -6.33. The van der Waals surface area contributed by atoms with Gasteiger partial charge in [-0.25, -0.2) is 4.39 Å². The lowest BCUT2D eigenvalue weighted by Crippen LogP contribution is -2.51. The molecule has 0 aliphatic carbocycles. The van der Waals surface area contributed by atoms with Gasteiger partial charge < -0.3 is 0 Å². The SMILES string of the molecule is CC(=O)C[C@@](F)(CC(F)(F)C(F)(F)F)C(F)(F)F. The Labute approximate surface area is 94.9 Å². The number of rotatable bonds is 4. The second-order valence-electron chi connectivity index (χ2n) is 3.72. The van der Waals surface area contributed by atoms with Crippen LogP contribution in [0.5, 0.6) is 0 Å². The second-order valence-corrected chi connectivity index (χ2v) is 3.72. The number of Topliss-reactive ketones (excluding diaryl/α,β-unsaturated/α-hetero) is 1. The molecule has 0 aliphatic rings. The predicted octanol–water partition coefficient (Wildman–Crippen LogP) is 3.82. The molecular weight excluding hydrogens is 283 g/mol. The number of hydrogen-bond donors (Lipinski definition) is 0. The summed E-state index contributed by atoms with van der Waals surface area (Å²) in [5.74, 6) is -7.38. The van der Waals surface area contributed by atoms with Gasteiger partial charge in [0.05, 0.1) is 6.42 Å². The average molecular weight is 290 g/mol. The first-order valence-corrected chi connectivity index (χ1v) is 4.32. The van der Waals surface area contributed by atoms with Crippen LogP contribution >= 0.6 is 0 Å². The predicted molar refractivity (Wildman–Crippen MR) is 40.8 cm³/mol. The molecule has 0 fully saturated rings. The molecule has 1 atom stereocenters. The zero-order valence-corrected chi connectivity index (χ0v) is 8.72. The Bertz CT molecular complexity index is 316. The summed E-state index contributed by atoms with van der Waals surface area (Å²) in [6, 6.07) is 0. The van der Waals surface area contributed by atoms with E-state index < -0.39 is 42.6 Å². The molecule has 0 saturated heterocycles. The fourth-order valence-electron chi connectivity index (χ4n) is 1.11. The van der Waals surface area contributed by atoms with Crippen LogP contribution in [-0.2, 0) is 4.79 Å². The highest BCUT2D eigenvalue weighted by molar-refractivity contribution is 5.76. The molecule has 0 unspecified atom stereocenters. The number of ketones is 1. The summed E-state index contributed by atoms with van der Waals surface area (Å²) in [6.07, 6.45) is -17.6. The molecule has 0 rings (SSSR count). The van der Waals surface area contributed by atoms with Crippen molar-refractivity contribution in [2.75, 3.05) is 0 Å². The van der Waals surface area contributed by atoms with Gasteiger partial charge in [0.2, 0.25) is 5.67 Å². The first-order valence-electron chi connectivity index (χ1n) is 4.32. The van der Waals surface area contributed by atoms with E-state index in [1.165, 1.54) is 0 Å². The maximum Gasteiger partial charge on any atom is 0.453 e. The molecule has 0 bridgehead atoms. The van der Waals surface area contributed by atoms with Gasteiger partial charge in [-0.3, -0.25) is 4.79 Å². The molecule has 18 heavy (non-hydrogen) atoms. The van der Waals surface area contributed by atoms with E-state index in [1.807, 2.05) is 0 Å². The molecule has 0 heterocycles. The van der Waals surface area contributed by atoms with E-state index in [-0.39, 0.29) is 0 Å². The Hall–Kier alpha value is -0.960. The van der Waals surface area contributed by atoms with Crippen molar-refractivity contribution in [2.45, 2.75) is 43.7 Å². The van der Waals surface area contributed by atoms with Gasteiger partial charge in [-0.05, 0) is 6.92 Å². The van der Waals surface area contributed by atoms with Gasteiger partial charge in [0, 0.05) is 6.42 Å². The summed E-state index contributed by atoms with van der Waals surface area (Å²) < 4.78 is 110. The van der Waals surface area contributed by atoms with E-state index in [2.05, 4.69) is 0 Å². The Morgan fingerprint density at radius 3 is 1.44 bits per heavy atom. The summed E-state index contributed by atoms with van der Waals surface area (Å²) in [5.41, 5.74) is -4.92. The molecule has 0 aromatic rings. The van der Waals surface area contributed by atoms with Crippen molar-refractivity contribution in [2.24, 2.45) is 0 Å². The van der Waals surface area contributed by atoms with Gasteiger partial charge in [0.15, 0.2) is 0 Å². The van der Waals surface area contributed by atoms with Crippen molar-refractivity contribution < 1.29 is 44.3 Å². The van der Waals surface area contributed by atoms with Crippen LogP contribution < -0.4 is 0 Å². The lowest BCUT2D eigenvalue weighted by molar-refractivity contribution is -0.317. The van der Waals surface area contributed by atoms with E-state index in [9.17, 15) is 44.3 Å². The Morgan fingerprint density at radius 2 is 1.22 bits per heavy atom. The third-order valence-electron chi connectivity index (χ3n) is 1.95. The van der Waals surface area contributed by atoms with Gasteiger partial charge in [-0.15, -0.1) is 0 Å². The minimum absolute atomic E-state index is 0.450. The molecule has 0 aromatic heterocycles. The van der Waals surface area contributed by atoms with Crippen LogP contribution in [0.4, 0.5) is 39.5 Å². The molecule has 0 aliphatic heterocycles. The number of hydrogen-bond acceptors (Lipinski definition) is 1. The molecule has 0 radical (unpaired) electrons. The van der Waals surface area contributed by atoms with Gasteiger partial charge in [-0.2, -0.15) is 35.1 Å².